The molecule has 5 nitrogen and oxygen atoms in total. The summed E-state index contributed by atoms with van der Waals surface area (Å²) in [5, 5.41) is 3.82. The Morgan fingerprint density at radius 3 is 2.48 bits per heavy atom. The van der Waals surface area contributed by atoms with E-state index < -0.39 is 10.0 Å². The van der Waals surface area contributed by atoms with Crippen molar-refractivity contribution < 1.29 is 13.2 Å². The molecule has 1 fully saturated rings. The van der Waals surface area contributed by atoms with E-state index in [4.69, 9.17) is 16.3 Å². The van der Waals surface area contributed by atoms with Crippen LogP contribution in [0, 0.1) is 0 Å². The Hall–Kier alpha value is -1.31. The topological polar surface area (TPSA) is 58.6 Å². The molecular weight excluding hydrogens is 383 g/mol. The molecule has 1 aliphatic heterocycles. The summed E-state index contributed by atoms with van der Waals surface area (Å²) in [5.74, 6) is 0.622. The third kappa shape index (κ3) is 4.10. The van der Waals surface area contributed by atoms with Crippen molar-refractivity contribution in [3.05, 3.63) is 59.1 Å². The van der Waals surface area contributed by atoms with Gasteiger partial charge in [-0.05, 0) is 35.9 Å². The number of halogens is 2. The number of ether oxygens (including phenoxy) is 1. The predicted molar refractivity (Wildman–Crippen MR) is 101 cm³/mol. The number of methoxy groups -OCH3 is 1. The van der Waals surface area contributed by atoms with Crippen LogP contribution in [0.1, 0.15) is 11.6 Å². The molecule has 1 atom stereocenters. The van der Waals surface area contributed by atoms with Gasteiger partial charge in [0.1, 0.15) is 5.75 Å². The van der Waals surface area contributed by atoms with E-state index in [0.29, 0.717) is 30.4 Å². The van der Waals surface area contributed by atoms with Crippen LogP contribution in [0.5, 0.6) is 5.75 Å². The standard InChI is InChI=1S/C17H19ClN2O3S.ClH/c1-23-13-6-8-14(9-7-13)24(21,22)20-11-10-19-12-17(20)15-4-2-3-5-16(15)18;/h2-9,17,19H,10-12H2,1H3;1H. The van der Waals surface area contributed by atoms with Crippen molar-refractivity contribution in [1.29, 1.82) is 0 Å². The summed E-state index contributed by atoms with van der Waals surface area (Å²) in [4.78, 5) is 0.252. The summed E-state index contributed by atoms with van der Waals surface area (Å²) >= 11 is 6.29. The fourth-order valence-electron chi connectivity index (χ4n) is 2.87. The van der Waals surface area contributed by atoms with Crippen LogP contribution >= 0.6 is 24.0 Å². The van der Waals surface area contributed by atoms with Gasteiger partial charge in [-0.2, -0.15) is 4.31 Å². The Bertz CT molecular complexity index is 813. The normalized spacial score (nSPS) is 18.4. The number of nitrogens with zero attached hydrogens (tertiary/aromatic N) is 1. The minimum absolute atomic E-state index is 0. The third-order valence-corrected chi connectivity index (χ3v) is 6.39. The van der Waals surface area contributed by atoms with Gasteiger partial charge in [0.05, 0.1) is 18.0 Å². The van der Waals surface area contributed by atoms with E-state index in [1.165, 1.54) is 4.31 Å². The molecule has 0 aromatic heterocycles. The molecule has 0 saturated carbocycles. The number of sulfonamides is 1. The molecule has 2 aromatic rings. The van der Waals surface area contributed by atoms with Crippen molar-refractivity contribution in [3.8, 4) is 5.75 Å². The molecule has 0 bridgehead atoms. The largest absolute Gasteiger partial charge is 0.497 e. The van der Waals surface area contributed by atoms with E-state index in [1.807, 2.05) is 18.2 Å². The highest BCUT2D eigenvalue weighted by atomic mass is 35.5. The molecular formula is C17H20Cl2N2O3S. The van der Waals surface area contributed by atoms with Gasteiger partial charge in [0.15, 0.2) is 0 Å². The molecule has 0 spiro atoms. The van der Waals surface area contributed by atoms with Gasteiger partial charge in [0.2, 0.25) is 10.0 Å². The summed E-state index contributed by atoms with van der Waals surface area (Å²) in [6.07, 6.45) is 0. The highest BCUT2D eigenvalue weighted by molar-refractivity contribution is 7.89. The van der Waals surface area contributed by atoms with E-state index in [9.17, 15) is 8.42 Å². The van der Waals surface area contributed by atoms with E-state index in [0.717, 1.165) is 5.56 Å². The lowest BCUT2D eigenvalue weighted by Gasteiger charge is -2.35. The maximum absolute atomic E-state index is 13.1. The van der Waals surface area contributed by atoms with Gasteiger partial charge in [0, 0.05) is 24.7 Å². The zero-order chi connectivity index (χ0) is 17.2. The van der Waals surface area contributed by atoms with Crippen LogP contribution in [0.4, 0.5) is 0 Å². The van der Waals surface area contributed by atoms with Crippen molar-refractivity contribution in [2.75, 3.05) is 26.7 Å². The molecule has 2 aromatic carbocycles. The molecule has 3 rings (SSSR count). The van der Waals surface area contributed by atoms with E-state index in [-0.39, 0.29) is 23.3 Å². The first kappa shape index (κ1) is 20.0. The Balaban J connectivity index is 0.00000225. The van der Waals surface area contributed by atoms with E-state index >= 15 is 0 Å². The zero-order valence-corrected chi connectivity index (χ0v) is 16.1. The number of hydrogen-bond donors (Lipinski definition) is 1. The van der Waals surface area contributed by atoms with Gasteiger partial charge in [0.25, 0.3) is 0 Å². The number of benzene rings is 2. The van der Waals surface area contributed by atoms with Crippen LogP contribution < -0.4 is 10.1 Å². The van der Waals surface area contributed by atoms with Crippen molar-refractivity contribution in [3.63, 3.8) is 0 Å². The van der Waals surface area contributed by atoms with Crippen LogP contribution in [-0.4, -0.2) is 39.5 Å². The lowest BCUT2D eigenvalue weighted by atomic mass is 10.1. The molecule has 1 unspecified atom stereocenters. The first-order valence-corrected chi connectivity index (χ1v) is 9.47. The second-order valence-corrected chi connectivity index (χ2v) is 7.83. The Labute approximate surface area is 159 Å². The lowest BCUT2D eigenvalue weighted by Crippen LogP contribution is -2.48. The smallest absolute Gasteiger partial charge is 0.243 e. The summed E-state index contributed by atoms with van der Waals surface area (Å²) < 4.78 is 32.8. The molecule has 25 heavy (non-hydrogen) atoms. The SMILES string of the molecule is COc1ccc(S(=O)(=O)N2CCNCC2c2ccccc2Cl)cc1.Cl. The molecule has 1 N–H and O–H groups in total. The highest BCUT2D eigenvalue weighted by Gasteiger charge is 2.35. The van der Waals surface area contributed by atoms with Crippen LogP contribution in [0.3, 0.4) is 0 Å². The van der Waals surface area contributed by atoms with Crippen LogP contribution in [0.25, 0.3) is 0 Å². The Kier molecular flexibility index (Phi) is 6.71. The maximum Gasteiger partial charge on any atom is 0.243 e. The van der Waals surface area contributed by atoms with Gasteiger partial charge in [-0.1, -0.05) is 29.8 Å². The van der Waals surface area contributed by atoms with Crippen LogP contribution in [0.15, 0.2) is 53.4 Å². The van der Waals surface area contributed by atoms with Gasteiger partial charge >= 0.3 is 0 Å². The predicted octanol–water partition coefficient (Wildman–Crippen LogP) is 3.11. The summed E-state index contributed by atoms with van der Waals surface area (Å²) in [7, 11) is -2.07. The Morgan fingerprint density at radius 2 is 1.84 bits per heavy atom. The maximum atomic E-state index is 13.1. The molecule has 136 valence electrons. The van der Waals surface area contributed by atoms with E-state index in [1.54, 1.807) is 37.4 Å². The second-order valence-electron chi connectivity index (χ2n) is 5.53. The molecule has 0 radical (unpaired) electrons. The highest BCUT2D eigenvalue weighted by Crippen LogP contribution is 2.33. The third-order valence-electron chi connectivity index (χ3n) is 4.12. The number of hydrogen-bond acceptors (Lipinski definition) is 4. The van der Waals surface area contributed by atoms with Crippen LogP contribution in [0.2, 0.25) is 5.02 Å². The lowest BCUT2D eigenvalue weighted by molar-refractivity contribution is 0.271. The Morgan fingerprint density at radius 1 is 1.16 bits per heavy atom. The quantitative estimate of drug-likeness (QED) is 0.853. The monoisotopic (exact) mass is 402 g/mol. The summed E-state index contributed by atoms with van der Waals surface area (Å²) in [6.45, 7) is 1.53. The van der Waals surface area contributed by atoms with Crippen molar-refractivity contribution >= 4 is 34.0 Å². The first-order chi connectivity index (χ1) is 11.5. The van der Waals surface area contributed by atoms with Gasteiger partial charge in [-0.3, -0.25) is 0 Å². The van der Waals surface area contributed by atoms with Gasteiger partial charge < -0.3 is 10.1 Å². The minimum Gasteiger partial charge on any atom is -0.497 e. The van der Waals surface area contributed by atoms with Gasteiger partial charge in [-0.25, -0.2) is 8.42 Å². The first-order valence-electron chi connectivity index (χ1n) is 7.65. The van der Waals surface area contributed by atoms with Crippen LogP contribution in [-0.2, 0) is 10.0 Å². The van der Waals surface area contributed by atoms with Crippen molar-refractivity contribution in [1.82, 2.24) is 9.62 Å². The molecule has 8 heteroatoms. The average molecular weight is 403 g/mol. The average Bonchev–Trinajstić information content (AvgIpc) is 2.62. The molecule has 0 aliphatic carbocycles. The molecule has 1 aliphatic rings. The fraction of sp³-hybridized carbons (Fsp3) is 0.294. The fourth-order valence-corrected chi connectivity index (χ4v) is 4.73. The van der Waals surface area contributed by atoms with E-state index in [2.05, 4.69) is 5.32 Å². The minimum atomic E-state index is -3.62. The van der Waals surface area contributed by atoms with Gasteiger partial charge in [-0.15, -0.1) is 12.4 Å². The molecule has 0 amide bonds. The molecule has 1 heterocycles. The number of piperazine rings is 1. The number of nitrogens with one attached hydrogen (secondary N) is 1. The molecule has 1 saturated heterocycles. The van der Waals surface area contributed by atoms with Crippen molar-refractivity contribution in [2.45, 2.75) is 10.9 Å². The number of rotatable bonds is 4. The summed E-state index contributed by atoms with van der Waals surface area (Å²) in [5.41, 5.74) is 0.809. The van der Waals surface area contributed by atoms with Crippen molar-refractivity contribution in [2.24, 2.45) is 0 Å². The summed E-state index contributed by atoms with van der Waals surface area (Å²) in [6, 6.07) is 13.5. The second kappa shape index (κ2) is 8.38. The zero-order valence-electron chi connectivity index (χ0n) is 13.7.